The van der Waals surface area contributed by atoms with Gasteiger partial charge in [-0.3, -0.25) is 4.79 Å². The van der Waals surface area contributed by atoms with Gasteiger partial charge in [-0.25, -0.2) is 0 Å². The van der Waals surface area contributed by atoms with Gasteiger partial charge in [0.2, 0.25) is 0 Å². The third kappa shape index (κ3) is 2.25. The number of hydrogen-bond acceptors (Lipinski definition) is 3. The van der Waals surface area contributed by atoms with Crippen molar-refractivity contribution in [2.24, 2.45) is 5.41 Å². The molecule has 0 amide bonds. The number of ether oxygens (including phenoxy) is 2. The smallest absolute Gasteiger partial charge is 0.303 e. The van der Waals surface area contributed by atoms with Gasteiger partial charge < -0.3 is 14.6 Å². The Labute approximate surface area is 84.2 Å². The number of hydrogen-bond donors (Lipinski definition) is 1. The van der Waals surface area contributed by atoms with E-state index < -0.39 is 5.97 Å². The number of carboxylic acid groups (broad SMARTS) is 1. The molecule has 0 aromatic rings. The maximum absolute atomic E-state index is 10.5. The van der Waals surface area contributed by atoms with E-state index in [-0.39, 0.29) is 18.1 Å². The van der Waals surface area contributed by atoms with E-state index in [9.17, 15) is 4.79 Å². The third-order valence-corrected chi connectivity index (χ3v) is 3.12. The summed E-state index contributed by atoms with van der Waals surface area (Å²) in [5, 5.41) is 8.66. The Kier molecular flexibility index (Phi) is 3.89. The first kappa shape index (κ1) is 11.5. The Bertz CT molecular complexity index is 204. The van der Waals surface area contributed by atoms with Gasteiger partial charge >= 0.3 is 5.97 Å². The molecule has 0 aromatic carbocycles. The lowest BCUT2D eigenvalue weighted by molar-refractivity contribution is -0.151. The van der Waals surface area contributed by atoms with Gasteiger partial charge in [-0.1, -0.05) is 6.92 Å². The Morgan fingerprint density at radius 2 is 2.43 bits per heavy atom. The summed E-state index contributed by atoms with van der Waals surface area (Å²) in [4.78, 5) is 10.5. The Balaban J connectivity index is 2.59. The number of carbonyl (C=O) groups is 1. The molecule has 1 heterocycles. The van der Waals surface area contributed by atoms with E-state index in [2.05, 4.69) is 6.92 Å². The van der Waals surface area contributed by atoms with E-state index in [1.54, 1.807) is 7.11 Å². The van der Waals surface area contributed by atoms with E-state index in [1.165, 1.54) is 0 Å². The topological polar surface area (TPSA) is 55.8 Å². The zero-order valence-electron chi connectivity index (χ0n) is 8.78. The second-order valence-corrected chi connectivity index (χ2v) is 3.80. The summed E-state index contributed by atoms with van der Waals surface area (Å²) < 4.78 is 10.7. The summed E-state index contributed by atoms with van der Waals surface area (Å²) in [6.07, 6.45) is 2.40. The lowest BCUT2D eigenvalue weighted by Gasteiger charge is -2.31. The monoisotopic (exact) mass is 202 g/mol. The standard InChI is InChI=1S/C10H18O4/c1-3-10(5-4-8(11)12)6-7-14-9(10)13-2/h9H,3-7H2,1-2H3,(H,11,12)/t9-,10+/m0/s1. The van der Waals surface area contributed by atoms with Crippen molar-refractivity contribution in [3.63, 3.8) is 0 Å². The summed E-state index contributed by atoms with van der Waals surface area (Å²) in [7, 11) is 1.61. The molecule has 1 fully saturated rings. The maximum Gasteiger partial charge on any atom is 0.303 e. The molecule has 0 aliphatic carbocycles. The lowest BCUT2D eigenvalue weighted by Crippen LogP contribution is -2.32. The summed E-state index contributed by atoms with van der Waals surface area (Å²) in [5.74, 6) is -0.750. The minimum atomic E-state index is -0.750. The fraction of sp³-hybridized carbons (Fsp3) is 0.900. The molecule has 82 valence electrons. The molecule has 1 aliphatic rings. The predicted octanol–water partition coefficient (Wildman–Crippen LogP) is 1.64. The van der Waals surface area contributed by atoms with Crippen LogP contribution in [0.2, 0.25) is 0 Å². The zero-order chi connectivity index (χ0) is 10.6. The molecule has 0 saturated carbocycles. The highest BCUT2D eigenvalue weighted by molar-refractivity contribution is 5.66. The van der Waals surface area contributed by atoms with Crippen LogP contribution >= 0.6 is 0 Å². The van der Waals surface area contributed by atoms with Gasteiger partial charge in [0.05, 0.1) is 6.61 Å². The van der Waals surface area contributed by atoms with E-state index in [1.807, 2.05) is 0 Å². The molecule has 14 heavy (non-hydrogen) atoms. The highest BCUT2D eigenvalue weighted by Gasteiger charge is 2.42. The normalized spacial score (nSPS) is 32.0. The quantitative estimate of drug-likeness (QED) is 0.736. The van der Waals surface area contributed by atoms with Crippen molar-refractivity contribution in [3.8, 4) is 0 Å². The molecule has 1 N–H and O–H groups in total. The van der Waals surface area contributed by atoms with E-state index in [4.69, 9.17) is 14.6 Å². The number of aliphatic carboxylic acids is 1. The SMILES string of the molecule is CC[C@@]1(CCC(=O)O)CCO[C@@H]1OC. The molecule has 4 heteroatoms. The fourth-order valence-electron chi connectivity index (χ4n) is 2.10. The number of rotatable bonds is 5. The van der Waals surface area contributed by atoms with Crippen LogP contribution in [0.1, 0.15) is 32.6 Å². The van der Waals surface area contributed by atoms with Crippen molar-refractivity contribution in [1.29, 1.82) is 0 Å². The highest BCUT2D eigenvalue weighted by atomic mass is 16.7. The summed E-state index contributed by atoms with van der Waals surface area (Å²) in [6, 6.07) is 0. The fourth-order valence-corrected chi connectivity index (χ4v) is 2.10. The van der Waals surface area contributed by atoms with Crippen molar-refractivity contribution >= 4 is 5.97 Å². The van der Waals surface area contributed by atoms with Gasteiger partial charge in [0.25, 0.3) is 0 Å². The minimum Gasteiger partial charge on any atom is -0.481 e. The second-order valence-electron chi connectivity index (χ2n) is 3.80. The van der Waals surface area contributed by atoms with E-state index in [0.29, 0.717) is 13.0 Å². The lowest BCUT2D eigenvalue weighted by atomic mass is 9.78. The molecule has 0 radical (unpaired) electrons. The van der Waals surface area contributed by atoms with Crippen LogP contribution in [0.25, 0.3) is 0 Å². The van der Waals surface area contributed by atoms with Gasteiger partial charge in [-0.15, -0.1) is 0 Å². The van der Waals surface area contributed by atoms with Gasteiger partial charge in [0, 0.05) is 18.9 Å². The Hall–Kier alpha value is -0.610. The maximum atomic E-state index is 10.5. The molecular formula is C10H18O4. The summed E-state index contributed by atoms with van der Waals surface area (Å²) >= 11 is 0. The first-order chi connectivity index (χ1) is 6.64. The van der Waals surface area contributed by atoms with Crippen LogP contribution in [0, 0.1) is 5.41 Å². The van der Waals surface area contributed by atoms with Crippen LogP contribution in [-0.2, 0) is 14.3 Å². The van der Waals surface area contributed by atoms with Crippen LogP contribution in [0.15, 0.2) is 0 Å². The van der Waals surface area contributed by atoms with Crippen molar-refractivity contribution < 1.29 is 19.4 Å². The summed E-state index contributed by atoms with van der Waals surface area (Å²) in [5.41, 5.74) is -0.0901. The molecule has 0 unspecified atom stereocenters. The molecule has 0 bridgehead atoms. The highest BCUT2D eigenvalue weighted by Crippen LogP contribution is 2.42. The van der Waals surface area contributed by atoms with E-state index >= 15 is 0 Å². The van der Waals surface area contributed by atoms with Crippen LogP contribution in [-0.4, -0.2) is 31.1 Å². The van der Waals surface area contributed by atoms with Crippen molar-refractivity contribution in [2.75, 3.05) is 13.7 Å². The molecule has 4 nitrogen and oxygen atoms in total. The molecule has 1 saturated heterocycles. The average molecular weight is 202 g/mol. The molecule has 1 aliphatic heterocycles. The molecule has 0 spiro atoms. The largest absolute Gasteiger partial charge is 0.481 e. The number of methoxy groups -OCH3 is 1. The molecule has 0 aromatic heterocycles. The van der Waals surface area contributed by atoms with Gasteiger partial charge in [0.15, 0.2) is 6.29 Å². The van der Waals surface area contributed by atoms with Gasteiger partial charge in [-0.2, -0.15) is 0 Å². The molecule has 2 atom stereocenters. The average Bonchev–Trinajstić information content (AvgIpc) is 2.58. The minimum absolute atomic E-state index is 0.0901. The first-order valence-electron chi connectivity index (χ1n) is 5.01. The number of carboxylic acids is 1. The van der Waals surface area contributed by atoms with Crippen LogP contribution in [0.5, 0.6) is 0 Å². The Morgan fingerprint density at radius 1 is 1.71 bits per heavy atom. The molecular weight excluding hydrogens is 184 g/mol. The first-order valence-corrected chi connectivity index (χ1v) is 5.01. The van der Waals surface area contributed by atoms with Crippen molar-refractivity contribution in [2.45, 2.75) is 38.9 Å². The van der Waals surface area contributed by atoms with Crippen LogP contribution in [0.3, 0.4) is 0 Å². The van der Waals surface area contributed by atoms with Crippen molar-refractivity contribution in [1.82, 2.24) is 0 Å². The predicted molar refractivity (Wildman–Crippen MR) is 51.0 cm³/mol. The second kappa shape index (κ2) is 4.75. The van der Waals surface area contributed by atoms with Gasteiger partial charge in [0.1, 0.15) is 0 Å². The van der Waals surface area contributed by atoms with E-state index in [0.717, 1.165) is 12.8 Å². The summed E-state index contributed by atoms with van der Waals surface area (Å²) in [6.45, 7) is 2.73. The van der Waals surface area contributed by atoms with Gasteiger partial charge in [-0.05, 0) is 19.3 Å². The molecule has 1 rings (SSSR count). The van der Waals surface area contributed by atoms with Crippen molar-refractivity contribution in [3.05, 3.63) is 0 Å². The third-order valence-electron chi connectivity index (χ3n) is 3.12. The zero-order valence-corrected chi connectivity index (χ0v) is 8.78. The Morgan fingerprint density at radius 3 is 2.93 bits per heavy atom. The van der Waals surface area contributed by atoms with Crippen LogP contribution < -0.4 is 0 Å². The van der Waals surface area contributed by atoms with Crippen LogP contribution in [0.4, 0.5) is 0 Å².